The Morgan fingerprint density at radius 1 is 1.11 bits per heavy atom. The summed E-state index contributed by atoms with van der Waals surface area (Å²) < 4.78 is 5.07. The van der Waals surface area contributed by atoms with Crippen LogP contribution in [0.3, 0.4) is 0 Å². The van der Waals surface area contributed by atoms with Gasteiger partial charge in [-0.25, -0.2) is 4.79 Å². The van der Waals surface area contributed by atoms with E-state index in [1.165, 1.54) is 20.0 Å². The van der Waals surface area contributed by atoms with Gasteiger partial charge in [0.25, 0.3) is 5.91 Å². The smallest absolute Gasteiger partial charge is 0.335 e. The first-order valence-electron chi connectivity index (χ1n) is 9.83. The lowest BCUT2D eigenvalue weighted by molar-refractivity contribution is -0.122. The van der Waals surface area contributed by atoms with Gasteiger partial charge in [0, 0.05) is 31.9 Å². The fourth-order valence-electron chi connectivity index (χ4n) is 3.54. The van der Waals surface area contributed by atoms with Crippen molar-refractivity contribution in [1.29, 1.82) is 0 Å². The number of methoxy groups -OCH3 is 1. The Labute approximate surface area is 162 Å². The van der Waals surface area contributed by atoms with E-state index in [4.69, 9.17) is 4.74 Å². The van der Waals surface area contributed by atoms with E-state index in [-0.39, 0.29) is 18.1 Å². The highest BCUT2D eigenvalue weighted by molar-refractivity contribution is 5.96. The van der Waals surface area contributed by atoms with Crippen LogP contribution in [0.5, 0.6) is 0 Å². The van der Waals surface area contributed by atoms with Crippen LogP contribution >= 0.6 is 0 Å². The first kappa shape index (κ1) is 21.4. The lowest BCUT2D eigenvalue weighted by atomic mass is 10.0. The number of amides is 1. The minimum atomic E-state index is -0.949. The van der Waals surface area contributed by atoms with Crippen LogP contribution in [-0.2, 0) is 16.1 Å². The van der Waals surface area contributed by atoms with E-state index in [2.05, 4.69) is 18.7 Å². The molecule has 0 spiro atoms. The molecule has 0 aromatic heterocycles. The van der Waals surface area contributed by atoms with Crippen molar-refractivity contribution < 1.29 is 19.4 Å². The molecule has 1 aromatic carbocycles. The van der Waals surface area contributed by atoms with Gasteiger partial charge in [-0.1, -0.05) is 19.3 Å². The Hall–Kier alpha value is -1.92. The third kappa shape index (κ3) is 6.04. The number of fused-ring (bicyclic) bond motifs is 1. The number of carboxylic acids is 1. The summed E-state index contributed by atoms with van der Waals surface area (Å²) in [4.78, 5) is 28.3. The van der Waals surface area contributed by atoms with Gasteiger partial charge in [0.1, 0.15) is 6.61 Å². The number of carbonyl (C=O) groups excluding carboxylic acids is 1. The molecule has 0 atom stereocenters. The standard InChI is InChI=1S/C21H32N2O4/c1-16(2)22-11-7-5-4-6-8-12-23(20(24)15-27-3)19-10-9-17(21(25)26)13-18(19)14-22/h9-10,13,16H,4-8,11-12,14-15H2,1-3H3,(H,25,26). The Bertz CT molecular complexity index is 645. The van der Waals surface area contributed by atoms with Gasteiger partial charge in [-0.15, -0.1) is 0 Å². The summed E-state index contributed by atoms with van der Waals surface area (Å²) in [5.41, 5.74) is 1.94. The molecule has 0 saturated heterocycles. The molecule has 6 nitrogen and oxygen atoms in total. The molecule has 6 heteroatoms. The summed E-state index contributed by atoms with van der Waals surface area (Å²) in [5, 5.41) is 9.42. The van der Waals surface area contributed by atoms with Gasteiger partial charge in [-0.2, -0.15) is 0 Å². The topological polar surface area (TPSA) is 70.1 Å². The number of benzene rings is 1. The molecule has 150 valence electrons. The molecule has 27 heavy (non-hydrogen) atoms. The van der Waals surface area contributed by atoms with Crippen LogP contribution in [0, 0.1) is 0 Å². The van der Waals surface area contributed by atoms with Crippen LogP contribution in [0.4, 0.5) is 5.69 Å². The Morgan fingerprint density at radius 3 is 2.41 bits per heavy atom. The first-order chi connectivity index (χ1) is 12.9. The van der Waals surface area contributed by atoms with Crippen LogP contribution < -0.4 is 4.90 Å². The molecule has 0 aliphatic carbocycles. The fourth-order valence-corrected chi connectivity index (χ4v) is 3.54. The zero-order valence-corrected chi connectivity index (χ0v) is 16.7. The fraction of sp³-hybridized carbons (Fsp3) is 0.619. The highest BCUT2D eigenvalue weighted by atomic mass is 16.5. The Balaban J connectivity index is 2.47. The minimum Gasteiger partial charge on any atom is -0.478 e. The van der Waals surface area contributed by atoms with Gasteiger partial charge in [-0.05, 0) is 57.0 Å². The zero-order valence-electron chi connectivity index (χ0n) is 16.7. The van der Waals surface area contributed by atoms with E-state index in [1.54, 1.807) is 23.1 Å². The minimum absolute atomic E-state index is 0.0218. The van der Waals surface area contributed by atoms with Gasteiger partial charge in [-0.3, -0.25) is 9.69 Å². The van der Waals surface area contributed by atoms with Gasteiger partial charge in [0.15, 0.2) is 0 Å². The molecule has 1 N–H and O–H groups in total. The normalized spacial score (nSPS) is 17.1. The largest absolute Gasteiger partial charge is 0.478 e. The molecular formula is C21H32N2O4. The van der Waals surface area contributed by atoms with Crippen molar-refractivity contribution in [2.24, 2.45) is 0 Å². The summed E-state index contributed by atoms with van der Waals surface area (Å²) in [5.74, 6) is -1.04. The van der Waals surface area contributed by atoms with E-state index in [9.17, 15) is 14.7 Å². The molecule has 0 fully saturated rings. The van der Waals surface area contributed by atoms with Crippen LogP contribution in [0.15, 0.2) is 18.2 Å². The highest BCUT2D eigenvalue weighted by Crippen LogP contribution is 2.26. The van der Waals surface area contributed by atoms with Crippen molar-refractivity contribution >= 4 is 17.6 Å². The number of ether oxygens (including phenoxy) is 1. The second kappa shape index (κ2) is 10.4. The molecule has 1 heterocycles. The number of nitrogens with zero attached hydrogens (tertiary/aromatic N) is 2. The summed E-state index contributed by atoms with van der Waals surface area (Å²) in [6.45, 7) is 6.56. The Kier molecular flexibility index (Phi) is 8.25. The SMILES string of the molecule is COCC(=O)N1CCCCCCCN(C(C)C)Cc2cc(C(=O)O)ccc21. The molecule has 0 bridgehead atoms. The lowest BCUT2D eigenvalue weighted by Crippen LogP contribution is -2.37. The van der Waals surface area contributed by atoms with Crippen molar-refractivity contribution in [2.75, 3.05) is 31.7 Å². The predicted octanol–water partition coefficient (Wildman–Crippen LogP) is 3.54. The van der Waals surface area contributed by atoms with Crippen LogP contribution in [0.1, 0.15) is 61.9 Å². The van der Waals surface area contributed by atoms with E-state index in [0.29, 0.717) is 19.1 Å². The predicted molar refractivity (Wildman–Crippen MR) is 106 cm³/mol. The second-order valence-corrected chi connectivity index (χ2v) is 7.46. The molecule has 2 rings (SSSR count). The van der Waals surface area contributed by atoms with Crippen molar-refractivity contribution in [3.63, 3.8) is 0 Å². The maximum absolute atomic E-state index is 12.7. The van der Waals surface area contributed by atoms with Crippen LogP contribution in [0.25, 0.3) is 0 Å². The van der Waals surface area contributed by atoms with E-state index in [1.807, 2.05) is 0 Å². The number of anilines is 1. The quantitative estimate of drug-likeness (QED) is 0.870. The van der Waals surface area contributed by atoms with Crippen molar-refractivity contribution in [3.05, 3.63) is 29.3 Å². The number of aromatic carboxylic acids is 1. The monoisotopic (exact) mass is 376 g/mol. The first-order valence-corrected chi connectivity index (χ1v) is 9.83. The number of rotatable bonds is 4. The molecule has 1 aliphatic heterocycles. The van der Waals surface area contributed by atoms with E-state index in [0.717, 1.165) is 37.1 Å². The van der Waals surface area contributed by atoms with Gasteiger partial charge < -0.3 is 14.7 Å². The molecule has 1 aromatic rings. The number of hydrogen-bond donors (Lipinski definition) is 1. The summed E-state index contributed by atoms with van der Waals surface area (Å²) in [6, 6.07) is 5.42. The number of carbonyl (C=O) groups is 2. The molecule has 1 amide bonds. The van der Waals surface area contributed by atoms with Crippen LogP contribution in [-0.4, -0.2) is 54.7 Å². The number of carboxylic acid groups (broad SMARTS) is 1. The molecule has 0 unspecified atom stereocenters. The van der Waals surface area contributed by atoms with Crippen molar-refractivity contribution in [1.82, 2.24) is 4.90 Å². The second-order valence-electron chi connectivity index (χ2n) is 7.46. The molecule has 0 saturated carbocycles. The van der Waals surface area contributed by atoms with Gasteiger partial charge in [0.2, 0.25) is 0 Å². The molecule has 0 radical (unpaired) electrons. The maximum Gasteiger partial charge on any atom is 0.335 e. The van der Waals surface area contributed by atoms with E-state index < -0.39 is 5.97 Å². The zero-order chi connectivity index (χ0) is 19.8. The van der Waals surface area contributed by atoms with Gasteiger partial charge >= 0.3 is 5.97 Å². The number of hydrogen-bond acceptors (Lipinski definition) is 4. The molecular weight excluding hydrogens is 344 g/mol. The molecule has 1 aliphatic rings. The highest BCUT2D eigenvalue weighted by Gasteiger charge is 2.22. The van der Waals surface area contributed by atoms with Crippen molar-refractivity contribution in [3.8, 4) is 0 Å². The van der Waals surface area contributed by atoms with Crippen LogP contribution in [0.2, 0.25) is 0 Å². The maximum atomic E-state index is 12.7. The average molecular weight is 376 g/mol. The summed E-state index contributed by atoms with van der Waals surface area (Å²) in [6.07, 6.45) is 5.50. The average Bonchev–Trinajstić information content (AvgIpc) is 2.61. The van der Waals surface area contributed by atoms with Gasteiger partial charge in [0.05, 0.1) is 5.56 Å². The van der Waals surface area contributed by atoms with Crippen molar-refractivity contribution in [2.45, 2.75) is 58.5 Å². The lowest BCUT2D eigenvalue weighted by Gasteiger charge is -2.31. The third-order valence-electron chi connectivity index (χ3n) is 5.12. The Morgan fingerprint density at radius 2 is 1.78 bits per heavy atom. The summed E-state index contributed by atoms with van der Waals surface area (Å²) >= 11 is 0. The van der Waals surface area contributed by atoms with E-state index >= 15 is 0 Å². The summed E-state index contributed by atoms with van der Waals surface area (Å²) in [7, 11) is 1.52. The third-order valence-corrected chi connectivity index (χ3v) is 5.12.